The maximum Gasteiger partial charge on any atom is 0.312 e. The molecule has 1 amide bonds. The van der Waals surface area contributed by atoms with Crippen molar-refractivity contribution in [3.63, 3.8) is 0 Å². The lowest BCUT2D eigenvalue weighted by molar-refractivity contribution is 0.368. The summed E-state index contributed by atoms with van der Waals surface area (Å²) in [5, 5.41) is 0. The Morgan fingerprint density at radius 2 is 1.14 bits per heavy atom. The van der Waals surface area contributed by atoms with Crippen LogP contribution in [0, 0.1) is 0 Å². The number of hydrogen-bond donors (Lipinski definition) is 0. The fraction of sp³-hybridized carbons (Fsp3) is 0.316. The highest BCUT2D eigenvalue weighted by molar-refractivity contribution is 5.47. The summed E-state index contributed by atoms with van der Waals surface area (Å²) in [6, 6.07) is 20.8. The molecule has 0 bridgehead atoms. The molecule has 0 aliphatic carbocycles. The summed E-state index contributed by atoms with van der Waals surface area (Å²) >= 11 is 0. The Balaban J connectivity index is 1.65. The van der Waals surface area contributed by atoms with Gasteiger partial charge in [-0.25, -0.2) is 0 Å². The van der Waals surface area contributed by atoms with Crippen LogP contribution in [0.1, 0.15) is 24.0 Å². The first-order valence-corrected chi connectivity index (χ1v) is 7.59. The molecule has 0 saturated heterocycles. The number of aryl methyl sites for hydroxylation is 2. The van der Waals surface area contributed by atoms with Crippen LogP contribution in [0.15, 0.2) is 60.7 Å². The van der Waals surface area contributed by atoms with Gasteiger partial charge in [-0.15, -0.1) is 0 Å². The third-order valence-corrected chi connectivity index (χ3v) is 3.60. The number of nitrogens with zero attached hydrogens (tertiary/aromatic N) is 1. The maximum absolute atomic E-state index is 11.0. The van der Waals surface area contributed by atoms with Gasteiger partial charge in [0.2, 0.25) is 0 Å². The van der Waals surface area contributed by atoms with Gasteiger partial charge in [-0.05, 0) is 36.8 Å². The molecule has 0 unspecified atom stereocenters. The molecule has 0 aliphatic rings. The fourth-order valence-electron chi connectivity index (χ4n) is 2.44. The Labute approximate surface area is 127 Å². The molecule has 21 heavy (non-hydrogen) atoms. The number of hydrogen-bond acceptors (Lipinski definition) is 1. The molecule has 0 spiro atoms. The Hall–Kier alpha value is -2.09. The molecule has 2 heteroatoms. The molecule has 1 radical (unpaired) electrons. The van der Waals surface area contributed by atoms with Crippen molar-refractivity contribution in [1.29, 1.82) is 0 Å². The average Bonchev–Trinajstić information content (AvgIpc) is 2.55. The molecule has 0 N–H and O–H groups in total. The second kappa shape index (κ2) is 8.96. The molecule has 0 aliphatic heterocycles. The van der Waals surface area contributed by atoms with Crippen molar-refractivity contribution >= 4 is 6.41 Å². The fourth-order valence-corrected chi connectivity index (χ4v) is 2.44. The second-order valence-corrected chi connectivity index (χ2v) is 5.26. The lowest BCUT2D eigenvalue weighted by Crippen LogP contribution is -2.25. The van der Waals surface area contributed by atoms with Crippen molar-refractivity contribution in [1.82, 2.24) is 4.90 Å². The van der Waals surface area contributed by atoms with E-state index in [2.05, 4.69) is 54.9 Å². The van der Waals surface area contributed by atoms with Gasteiger partial charge in [0, 0.05) is 13.1 Å². The summed E-state index contributed by atoms with van der Waals surface area (Å²) in [5.41, 5.74) is 2.65. The van der Waals surface area contributed by atoms with Gasteiger partial charge in [-0.3, -0.25) is 4.79 Å². The van der Waals surface area contributed by atoms with E-state index >= 15 is 0 Å². The molecule has 0 fully saturated rings. The highest BCUT2D eigenvalue weighted by Crippen LogP contribution is 2.05. The zero-order valence-electron chi connectivity index (χ0n) is 12.4. The van der Waals surface area contributed by atoms with Gasteiger partial charge in [0.05, 0.1) is 0 Å². The molecule has 0 atom stereocenters. The largest absolute Gasteiger partial charge is 0.334 e. The van der Waals surface area contributed by atoms with Gasteiger partial charge >= 0.3 is 6.41 Å². The number of benzene rings is 2. The van der Waals surface area contributed by atoms with Gasteiger partial charge in [0.15, 0.2) is 0 Å². The number of amides is 1. The van der Waals surface area contributed by atoms with E-state index in [1.807, 2.05) is 12.1 Å². The van der Waals surface area contributed by atoms with E-state index in [1.165, 1.54) is 11.1 Å². The van der Waals surface area contributed by atoms with E-state index in [-0.39, 0.29) is 0 Å². The minimum absolute atomic E-state index is 0.785. The quantitative estimate of drug-likeness (QED) is 0.642. The minimum atomic E-state index is 0.785. The summed E-state index contributed by atoms with van der Waals surface area (Å²) in [6.07, 6.45) is 6.06. The standard InChI is InChI=1S/C19H22NO/c21-17-20(15-7-13-18-9-3-1-4-10-18)16-8-14-19-11-5-2-6-12-19/h1-6,9-12H,7-8,13-16H2. The number of rotatable bonds is 9. The van der Waals surface area contributed by atoms with Gasteiger partial charge in [-0.2, -0.15) is 0 Å². The van der Waals surface area contributed by atoms with E-state index in [0.717, 1.165) is 38.8 Å². The molecular formula is C19H22NO. The van der Waals surface area contributed by atoms with Crippen molar-refractivity contribution < 1.29 is 4.79 Å². The molecule has 2 aromatic rings. The SMILES string of the molecule is O=[C]N(CCCc1ccccc1)CCCc1ccccc1. The summed E-state index contributed by atoms with van der Waals surface area (Å²) < 4.78 is 0. The van der Waals surface area contributed by atoms with Crippen LogP contribution in [0.3, 0.4) is 0 Å². The predicted octanol–water partition coefficient (Wildman–Crippen LogP) is 3.62. The molecule has 0 heterocycles. The molecule has 2 aromatic carbocycles. The van der Waals surface area contributed by atoms with Crippen LogP contribution in [-0.2, 0) is 17.6 Å². The Kier molecular flexibility index (Phi) is 6.53. The first-order valence-electron chi connectivity index (χ1n) is 7.59. The summed E-state index contributed by atoms with van der Waals surface area (Å²) in [7, 11) is 0. The molecule has 0 aromatic heterocycles. The maximum atomic E-state index is 11.0. The van der Waals surface area contributed by atoms with Crippen molar-refractivity contribution in [2.75, 3.05) is 13.1 Å². The van der Waals surface area contributed by atoms with E-state index < -0.39 is 0 Å². The lowest BCUT2D eigenvalue weighted by atomic mass is 10.1. The monoisotopic (exact) mass is 280 g/mol. The van der Waals surface area contributed by atoms with Crippen molar-refractivity contribution in [3.8, 4) is 0 Å². The smallest absolute Gasteiger partial charge is 0.312 e. The molecule has 109 valence electrons. The van der Waals surface area contributed by atoms with Crippen LogP contribution in [0.2, 0.25) is 0 Å². The third kappa shape index (κ3) is 5.82. The van der Waals surface area contributed by atoms with E-state index in [4.69, 9.17) is 0 Å². The first kappa shape index (κ1) is 15.3. The van der Waals surface area contributed by atoms with Gasteiger partial charge < -0.3 is 4.90 Å². The Morgan fingerprint density at radius 1 is 0.714 bits per heavy atom. The number of carbonyl (C=O) groups excluding carboxylic acids is 1. The van der Waals surface area contributed by atoms with Crippen LogP contribution in [0.4, 0.5) is 0 Å². The summed E-state index contributed by atoms with van der Waals surface area (Å²) in [6.45, 7) is 1.57. The van der Waals surface area contributed by atoms with Crippen LogP contribution < -0.4 is 0 Å². The predicted molar refractivity (Wildman–Crippen MR) is 86.8 cm³/mol. The average molecular weight is 280 g/mol. The van der Waals surface area contributed by atoms with Gasteiger partial charge in [0.1, 0.15) is 0 Å². The third-order valence-electron chi connectivity index (χ3n) is 3.60. The van der Waals surface area contributed by atoms with Crippen LogP contribution in [-0.4, -0.2) is 24.4 Å². The molecule has 2 rings (SSSR count). The summed E-state index contributed by atoms with van der Waals surface area (Å²) in [5.74, 6) is 0. The summed E-state index contributed by atoms with van der Waals surface area (Å²) in [4.78, 5) is 12.8. The second-order valence-electron chi connectivity index (χ2n) is 5.26. The topological polar surface area (TPSA) is 20.3 Å². The molecule has 2 nitrogen and oxygen atoms in total. The van der Waals surface area contributed by atoms with Crippen molar-refractivity contribution in [2.45, 2.75) is 25.7 Å². The van der Waals surface area contributed by atoms with Crippen molar-refractivity contribution in [2.24, 2.45) is 0 Å². The van der Waals surface area contributed by atoms with E-state index in [0.29, 0.717) is 0 Å². The zero-order chi connectivity index (χ0) is 14.8. The lowest BCUT2D eigenvalue weighted by Gasteiger charge is -2.16. The Bertz CT molecular complexity index is 464. The van der Waals surface area contributed by atoms with E-state index in [1.54, 1.807) is 4.90 Å². The molecular weight excluding hydrogens is 258 g/mol. The van der Waals surface area contributed by atoms with Crippen LogP contribution in [0.5, 0.6) is 0 Å². The van der Waals surface area contributed by atoms with Gasteiger partial charge in [0.25, 0.3) is 0 Å². The first-order chi connectivity index (χ1) is 10.4. The van der Waals surface area contributed by atoms with Crippen LogP contribution >= 0.6 is 0 Å². The minimum Gasteiger partial charge on any atom is -0.334 e. The Morgan fingerprint density at radius 3 is 1.52 bits per heavy atom. The highest BCUT2D eigenvalue weighted by Gasteiger charge is 2.03. The van der Waals surface area contributed by atoms with Crippen molar-refractivity contribution in [3.05, 3.63) is 71.8 Å². The van der Waals surface area contributed by atoms with Gasteiger partial charge in [-0.1, -0.05) is 60.7 Å². The van der Waals surface area contributed by atoms with Crippen LogP contribution in [0.25, 0.3) is 0 Å². The zero-order valence-corrected chi connectivity index (χ0v) is 12.4. The molecule has 0 saturated carbocycles. The highest BCUT2D eigenvalue weighted by atomic mass is 16.1. The van der Waals surface area contributed by atoms with E-state index in [9.17, 15) is 4.79 Å². The normalized spacial score (nSPS) is 10.3.